The molecule has 0 radical (unpaired) electrons. The topological polar surface area (TPSA) is 29.4 Å². The second-order valence-electron chi connectivity index (χ2n) is 3.79. The largest absolute Gasteiger partial charge is 0.297 e. The predicted molar refractivity (Wildman–Crippen MR) is 69.0 cm³/mol. The van der Waals surface area contributed by atoms with Crippen molar-refractivity contribution >= 4 is 45.7 Å². The molecule has 1 aliphatic heterocycles. The maximum atomic E-state index is 11.1. The minimum absolute atomic E-state index is 0.785. The van der Waals surface area contributed by atoms with Gasteiger partial charge < -0.3 is 0 Å². The Balaban J connectivity index is 2.52. The first kappa shape index (κ1) is 9.48. The van der Waals surface area contributed by atoms with E-state index in [0.29, 0.717) is 0 Å². The van der Waals surface area contributed by atoms with Gasteiger partial charge in [0.05, 0.1) is 10.6 Å². The van der Waals surface area contributed by atoms with Crippen molar-refractivity contribution < 1.29 is 4.79 Å². The number of hydrogen-bond acceptors (Lipinski definition) is 3. The van der Waals surface area contributed by atoms with Crippen LogP contribution in [-0.2, 0) is 0 Å². The Kier molecular flexibility index (Phi) is 2.01. The summed E-state index contributed by atoms with van der Waals surface area (Å²) in [6.45, 7) is 1.99. The SMILES string of the molecule is CC1=Cc2c(C=O)sc3cccc(c23)N=C1. The molecule has 16 heavy (non-hydrogen) atoms. The van der Waals surface area contributed by atoms with Crippen molar-refractivity contribution in [2.75, 3.05) is 0 Å². The molecule has 0 saturated heterocycles. The maximum Gasteiger partial charge on any atom is 0.160 e. The Morgan fingerprint density at radius 1 is 1.38 bits per heavy atom. The van der Waals surface area contributed by atoms with Crippen molar-refractivity contribution in [1.29, 1.82) is 0 Å². The van der Waals surface area contributed by atoms with Gasteiger partial charge in [0.1, 0.15) is 0 Å². The molecule has 3 rings (SSSR count). The summed E-state index contributed by atoms with van der Waals surface area (Å²) < 4.78 is 1.12. The molecule has 0 bridgehead atoms. The van der Waals surface area contributed by atoms with E-state index in [2.05, 4.69) is 4.99 Å². The summed E-state index contributed by atoms with van der Waals surface area (Å²) >= 11 is 1.53. The number of allylic oxidation sites excluding steroid dienone is 1. The lowest BCUT2D eigenvalue weighted by atomic mass is 10.1. The van der Waals surface area contributed by atoms with E-state index >= 15 is 0 Å². The fourth-order valence-corrected chi connectivity index (χ4v) is 2.97. The van der Waals surface area contributed by atoms with Crippen LogP contribution in [0.5, 0.6) is 0 Å². The number of rotatable bonds is 1. The van der Waals surface area contributed by atoms with Gasteiger partial charge in [0.2, 0.25) is 0 Å². The zero-order valence-corrected chi connectivity index (χ0v) is 9.54. The van der Waals surface area contributed by atoms with E-state index in [1.165, 1.54) is 11.3 Å². The minimum Gasteiger partial charge on any atom is -0.297 e. The van der Waals surface area contributed by atoms with Gasteiger partial charge in [-0.05, 0) is 30.7 Å². The second-order valence-corrected chi connectivity index (χ2v) is 4.88. The molecule has 1 aromatic carbocycles. The molecule has 2 nitrogen and oxygen atoms in total. The Bertz CT molecular complexity index is 649. The molecule has 0 spiro atoms. The number of carbonyl (C=O) groups excluding carboxylic acids is 1. The third kappa shape index (κ3) is 1.25. The van der Waals surface area contributed by atoms with Gasteiger partial charge in [-0.1, -0.05) is 6.07 Å². The lowest BCUT2D eigenvalue weighted by molar-refractivity contribution is 0.112. The maximum absolute atomic E-state index is 11.1. The van der Waals surface area contributed by atoms with Gasteiger partial charge in [0.25, 0.3) is 0 Å². The van der Waals surface area contributed by atoms with Crippen molar-refractivity contribution in [3.8, 4) is 0 Å². The van der Waals surface area contributed by atoms with Crippen LogP contribution in [0.1, 0.15) is 22.2 Å². The van der Waals surface area contributed by atoms with E-state index in [9.17, 15) is 4.79 Å². The molecule has 0 unspecified atom stereocenters. The van der Waals surface area contributed by atoms with Crippen molar-refractivity contribution in [1.82, 2.24) is 0 Å². The van der Waals surface area contributed by atoms with Gasteiger partial charge in [-0.3, -0.25) is 9.79 Å². The van der Waals surface area contributed by atoms with E-state index in [4.69, 9.17) is 0 Å². The van der Waals surface area contributed by atoms with Crippen LogP contribution in [0.4, 0.5) is 5.69 Å². The van der Waals surface area contributed by atoms with Crippen LogP contribution in [0, 0.1) is 0 Å². The summed E-state index contributed by atoms with van der Waals surface area (Å²) in [5.74, 6) is 0. The van der Waals surface area contributed by atoms with Gasteiger partial charge in [-0.15, -0.1) is 11.3 Å². The molecule has 2 aromatic rings. The van der Waals surface area contributed by atoms with Crippen LogP contribution in [-0.4, -0.2) is 12.5 Å². The molecule has 0 atom stereocenters. The summed E-state index contributed by atoms with van der Waals surface area (Å²) in [6, 6.07) is 5.99. The minimum atomic E-state index is 0.785. The number of carbonyl (C=O) groups is 1. The van der Waals surface area contributed by atoms with Gasteiger partial charge in [0.15, 0.2) is 6.29 Å². The van der Waals surface area contributed by atoms with E-state index in [-0.39, 0.29) is 0 Å². The lowest BCUT2D eigenvalue weighted by Gasteiger charge is -1.96. The molecule has 2 heterocycles. The van der Waals surface area contributed by atoms with Gasteiger partial charge >= 0.3 is 0 Å². The average Bonchev–Trinajstić information content (AvgIpc) is 2.55. The standard InChI is InChI=1S/C13H9NOS/c1-8-5-9-12(7-15)16-11-4-2-3-10(13(9)11)14-6-8/h2-7H,1H3. The smallest absolute Gasteiger partial charge is 0.160 e. The third-order valence-electron chi connectivity index (χ3n) is 2.65. The molecule has 3 heteroatoms. The highest BCUT2D eigenvalue weighted by atomic mass is 32.1. The molecule has 0 N–H and O–H groups in total. The van der Waals surface area contributed by atoms with Gasteiger partial charge in [-0.2, -0.15) is 0 Å². The van der Waals surface area contributed by atoms with Crippen LogP contribution in [0.3, 0.4) is 0 Å². The zero-order chi connectivity index (χ0) is 11.1. The van der Waals surface area contributed by atoms with Gasteiger partial charge in [-0.25, -0.2) is 0 Å². The number of benzene rings is 1. The number of thiophene rings is 1. The molecular weight excluding hydrogens is 218 g/mol. The fraction of sp³-hybridized carbons (Fsp3) is 0.0769. The van der Waals surface area contributed by atoms with Crippen molar-refractivity contribution in [3.63, 3.8) is 0 Å². The molecular formula is C13H9NOS. The monoisotopic (exact) mass is 227 g/mol. The average molecular weight is 227 g/mol. The van der Waals surface area contributed by atoms with Crippen molar-refractivity contribution in [2.45, 2.75) is 6.92 Å². The summed E-state index contributed by atoms with van der Waals surface area (Å²) in [6.07, 6.45) is 4.80. The normalized spacial score (nSPS) is 13.7. The number of hydrogen-bond donors (Lipinski definition) is 0. The summed E-state index contributed by atoms with van der Waals surface area (Å²) in [5, 5.41) is 1.10. The highest BCUT2D eigenvalue weighted by Gasteiger charge is 2.14. The lowest BCUT2D eigenvalue weighted by Crippen LogP contribution is -1.79. The first-order chi connectivity index (χ1) is 7.79. The van der Waals surface area contributed by atoms with Crippen LogP contribution in [0.25, 0.3) is 16.2 Å². The molecule has 0 aliphatic carbocycles. The molecule has 0 fully saturated rings. The molecule has 1 aromatic heterocycles. The third-order valence-corrected chi connectivity index (χ3v) is 3.74. The van der Waals surface area contributed by atoms with Crippen LogP contribution in [0.2, 0.25) is 0 Å². The highest BCUT2D eigenvalue weighted by molar-refractivity contribution is 7.21. The molecule has 78 valence electrons. The van der Waals surface area contributed by atoms with E-state index in [1.54, 1.807) is 0 Å². The molecule has 0 amide bonds. The van der Waals surface area contributed by atoms with Crippen LogP contribution >= 0.6 is 11.3 Å². The summed E-state index contributed by atoms with van der Waals surface area (Å²) in [5.41, 5.74) is 3.03. The van der Waals surface area contributed by atoms with E-state index in [1.807, 2.05) is 37.4 Å². The van der Waals surface area contributed by atoms with E-state index in [0.717, 1.165) is 38.1 Å². The van der Waals surface area contributed by atoms with Crippen LogP contribution in [0.15, 0.2) is 28.8 Å². The van der Waals surface area contributed by atoms with Crippen molar-refractivity contribution in [2.24, 2.45) is 4.99 Å². The molecule has 0 saturated carbocycles. The number of aliphatic imine (C=N–C) groups is 1. The Hall–Kier alpha value is -1.74. The summed E-state index contributed by atoms with van der Waals surface area (Å²) in [7, 11) is 0. The highest BCUT2D eigenvalue weighted by Crippen LogP contribution is 2.39. The molecule has 1 aliphatic rings. The second kappa shape index (κ2) is 3.39. The fourth-order valence-electron chi connectivity index (χ4n) is 1.95. The first-order valence-corrected chi connectivity index (χ1v) is 5.84. The quantitative estimate of drug-likeness (QED) is 0.681. The van der Waals surface area contributed by atoms with E-state index < -0.39 is 0 Å². The Labute approximate surface area is 96.9 Å². The number of aldehydes is 1. The van der Waals surface area contributed by atoms with Gasteiger partial charge in [0, 0.05) is 21.9 Å². The summed E-state index contributed by atoms with van der Waals surface area (Å²) in [4.78, 5) is 16.3. The van der Waals surface area contributed by atoms with Crippen molar-refractivity contribution in [3.05, 3.63) is 34.2 Å². The Morgan fingerprint density at radius 3 is 3.06 bits per heavy atom. The zero-order valence-electron chi connectivity index (χ0n) is 8.73. The van der Waals surface area contributed by atoms with Crippen LogP contribution < -0.4 is 0 Å². The predicted octanol–water partition coefficient (Wildman–Crippen LogP) is 3.83. The number of nitrogens with zero attached hydrogens (tertiary/aromatic N) is 1. The first-order valence-electron chi connectivity index (χ1n) is 5.02. The Morgan fingerprint density at radius 2 is 2.25 bits per heavy atom.